The van der Waals surface area contributed by atoms with E-state index in [4.69, 9.17) is 4.74 Å². The van der Waals surface area contributed by atoms with E-state index in [0.717, 1.165) is 54.0 Å². The van der Waals surface area contributed by atoms with Crippen molar-refractivity contribution < 1.29 is 19.1 Å². The van der Waals surface area contributed by atoms with Crippen LogP contribution in [-0.2, 0) is 14.3 Å². The Morgan fingerprint density at radius 3 is 2.90 bits per heavy atom. The van der Waals surface area contributed by atoms with E-state index in [1.54, 1.807) is 12.1 Å². The van der Waals surface area contributed by atoms with E-state index < -0.39 is 0 Å². The number of benzene rings is 1. The molecule has 0 saturated heterocycles. The lowest BCUT2D eigenvalue weighted by molar-refractivity contribution is -0.119. The number of ketones is 1. The highest BCUT2D eigenvalue weighted by atomic mass is 16.5. The molecule has 2 aromatic rings. The minimum atomic E-state index is -0.322. The summed E-state index contributed by atoms with van der Waals surface area (Å²) in [6.07, 6.45) is 17.1. The van der Waals surface area contributed by atoms with Gasteiger partial charge in [-0.1, -0.05) is 43.7 Å². The van der Waals surface area contributed by atoms with E-state index in [2.05, 4.69) is 44.0 Å². The zero-order valence-corrected chi connectivity index (χ0v) is 23.4. The predicted molar refractivity (Wildman–Crippen MR) is 154 cm³/mol. The number of H-pyrrole nitrogens is 1. The van der Waals surface area contributed by atoms with E-state index in [0.29, 0.717) is 28.9 Å². The molecule has 1 aromatic carbocycles. The van der Waals surface area contributed by atoms with E-state index in [-0.39, 0.29) is 35.6 Å². The van der Waals surface area contributed by atoms with Crippen molar-refractivity contribution in [1.29, 1.82) is 0 Å². The molecule has 5 rings (SSSR count). The second-order valence-corrected chi connectivity index (χ2v) is 12.2. The molecule has 0 amide bonds. The van der Waals surface area contributed by atoms with Gasteiger partial charge < -0.3 is 9.72 Å². The fourth-order valence-corrected chi connectivity index (χ4v) is 7.34. The predicted octanol–water partition coefficient (Wildman–Crippen LogP) is 7.18. The van der Waals surface area contributed by atoms with Gasteiger partial charge in [0.15, 0.2) is 5.78 Å². The number of carbonyl (C=O) groups is 3. The van der Waals surface area contributed by atoms with Crippen LogP contribution in [0.3, 0.4) is 0 Å². The number of carbonyl (C=O) groups excluding carboxylic acids is 3. The normalized spacial score (nSPS) is 31.2. The number of fused-ring (bicyclic) bond motifs is 3. The van der Waals surface area contributed by atoms with Crippen molar-refractivity contribution in [3.05, 3.63) is 83.1 Å². The standard InChI is InChI=1S/C34H39NO4/c1-21(20-39-33(38)25-9-11-30-24(17-25)13-15-35-30)6-5-7-22(2)27-12-14-34(4)18-28-23(3)16-31(37)32(28)26(19-36)8-10-29(27)34/h5-9,11,13,15-17,19,22,27-29,32,35H,10,12,14,18,20H2,1-4H3/b7-5-,21-6-,26-8-/t22-,27+,28+,29-,32-,34+/m0/s1. The van der Waals surface area contributed by atoms with Crippen LogP contribution in [0.1, 0.15) is 63.7 Å². The lowest BCUT2D eigenvalue weighted by Crippen LogP contribution is -2.34. The zero-order valence-electron chi connectivity index (χ0n) is 23.4. The van der Waals surface area contributed by atoms with Crippen LogP contribution >= 0.6 is 0 Å². The molecule has 1 heterocycles. The summed E-state index contributed by atoms with van der Waals surface area (Å²) >= 11 is 0. The number of ether oxygens (including phenoxy) is 1. The molecule has 1 saturated carbocycles. The van der Waals surface area contributed by atoms with Gasteiger partial charge in [0.1, 0.15) is 12.9 Å². The first-order chi connectivity index (χ1) is 18.7. The van der Waals surface area contributed by atoms with Gasteiger partial charge in [0.25, 0.3) is 0 Å². The second-order valence-electron chi connectivity index (χ2n) is 12.2. The Hall–Kier alpha value is -3.47. The molecule has 3 aliphatic carbocycles. The van der Waals surface area contributed by atoms with Gasteiger partial charge in [-0.15, -0.1) is 0 Å². The Morgan fingerprint density at radius 2 is 2.10 bits per heavy atom. The summed E-state index contributed by atoms with van der Waals surface area (Å²) in [7, 11) is 0. The number of rotatable bonds is 7. The first kappa shape index (κ1) is 27.1. The fraction of sp³-hybridized carbons (Fsp3) is 0.441. The molecule has 6 atom stereocenters. The number of hydrogen-bond donors (Lipinski definition) is 1. The van der Waals surface area contributed by atoms with E-state index >= 15 is 0 Å². The lowest BCUT2D eigenvalue weighted by atomic mass is 9.63. The molecule has 39 heavy (non-hydrogen) atoms. The van der Waals surface area contributed by atoms with E-state index in [1.165, 1.54) is 0 Å². The van der Waals surface area contributed by atoms with Crippen molar-refractivity contribution in [2.24, 2.45) is 35.0 Å². The van der Waals surface area contributed by atoms with Crippen LogP contribution in [-0.4, -0.2) is 29.6 Å². The zero-order chi connectivity index (χ0) is 27.7. The van der Waals surface area contributed by atoms with Crippen molar-refractivity contribution in [2.45, 2.75) is 53.4 Å². The van der Waals surface area contributed by atoms with Gasteiger partial charge in [-0.05, 0) is 110 Å². The van der Waals surface area contributed by atoms with Crippen molar-refractivity contribution in [1.82, 2.24) is 4.98 Å². The summed E-state index contributed by atoms with van der Waals surface area (Å²) in [4.78, 5) is 40.2. The third-order valence-electron chi connectivity index (χ3n) is 9.60. The molecular formula is C34H39NO4. The fourth-order valence-electron chi connectivity index (χ4n) is 7.34. The van der Waals surface area contributed by atoms with E-state index in [9.17, 15) is 14.4 Å². The number of hydrogen-bond acceptors (Lipinski definition) is 4. The summed E-state index contributed by atoms with van der Waals surface area (Å²) in [6, 6.07) is 7.45. The summed E-state index contributed by atoms with van der Waals surface area (Å²) in [6.45, 7) is 8.95. The Morgan fingerprint density at radius 1 is 1.28 bits per heavy atom. The van der Waals surface area contributed by atoms with Gasteiger partial charge in [-0.3, -0.25) is 9.59 Å². The summed E-state index contributed by atoms with van der Waals surface area (Å²) < 4.78 is 5.54. The number of aldehydes is 1. The minimum absolute atomic E-state index is 0.0957. The average Bonchev–Trinajstić information content (AvgIpc) is 3.58. The molecular weight excluding hydrogens is 486 g/mol. The van der Waals surface area contributed by atoms with Gasteiger partial charge in [-0.2, -0.15) is 0 Å². The van der Waals surface area contributed by atoms with Crippen molar-refractivity contribution >= 4 is 28.9 Å². The molecule has 0 bridgehead atoms. The van der Waals surface area contributed by atoms with Crippen LogP contribution in [0.4, 0.5) is 0 Å². The highest BCUT2D eigenvalue weighted by molar-refractivity contribution is 6.01. The summed E-state index contributed by atoms with van der Waals surface area (Å²) in [5.41, 5.74) is 4.48. The third-order valence-corrected chi connectivity index (χ3v) is 9.60. The first-order valence-corrected chi connectivity index (χ1v) is 14.2. The van der Waals surface area contributed by atoms with Gasteiger partial charge in [-0.25, -0.2) is 4.79 Å². The van der Waals surface area contributed by atoms with Gasteiger partial charge in [0, 0.05) is 17.1 Å². The number of allylic oxidation sites excluding steroid dienone is 7. The van der Waals surface area contributed by atoms with Crippen LogP contribution in [0, 0.1) is 35.0 Å². The molecule has 5 nitrogen and oxygen atoms in total. The number of nitrogens with one attached hydrogen (secondary N) is 1. The number of aromatic amines is 1. The maximum absolute atomic E-state index is 12.7. The molecule has 0 spiro atoms. The molecule has 1 aromatic heterocycles. The third kappa shape index (κ3) is 5.36. The van der Waals surface area contributed by atoms with Crippen LogP contribution in [0.25, 0.3) is 10.9 Å². The van der Waals surface area contributed by atoms with Crippen molar-refractivity contribution in [3.63, 3.8) is 0 Å². The highest BCUT2D eigenvalue weighted by Gasteiger charge is 2.50. The Kier molecular flexibility index (Phi) is 7.61. The monoisotopic (exact) mass is 525 g/mol. The maximum Gasteiger partial charge on any atom is 0.338 e. The molecule has 3 aliphatic rings. The first-order valence-electron chi connectivity index (χ1n) is 14.2. The molecule has 5 heteroatoms. The van der Waals surface area contributed by atoms with Crippen LogP contribution in [0.15, 0.2) is 77.6 Å². The van der Waals surface area contributed by atoms with E-state index in [1.807, 2.05) is 37.4 Å². The van der Waals surface area contributed by atoms with Crippen LogP contribution in [0.2, 0.25) is 0 Å². The van der Waals surface area contributed by atoms with Crippen LogP contribution in [0.5, 0.6) is 0 Å². The number of esters is 1. The molecule has 0 radical (unpaired) electrons. The number of aromatic nitrogens is 1. The van der Waals surface area contributed by atoms with Gasteiger partial charge >= 0.3 is 5.97 Å². The second kappa shape index (κ2) is 11.0. The largest absolute Gasteiger partial charge is 0.458 e. The molecule has 1 fully saturated rings. The Bertz CT molecular complexity index is 1410. The topological polar surface area (TPSA) is 76.2 Å². The molecule has 1 N–H and O–H groups in total. The summed E-state index contributed by atoms with van der Waals surface area (Å²) in [5, 5.41) is 0.988. The quantitative estimate of drug-likeness (QED) is 0.236. The lowest BCUT2D eigenvalue weighted by Gasteiger charge is -2.40. The van der Waals surface area contributed by atoms with Crippen LogP contribution < -0.4 is 0 Å². The minimum Gasteiger partial charge on any atom is -0.458 e. The van der Waals surface area contributed by atoms with Gasteiger partial charge in [0.2, 0.25) is 0 Å². The smallest absolute Gasteiger partial charge is 0.338 e. The Labute approximate surface area is 231 Å². The maximum atomic E-state index is 12.7. The van der Waals surface area contributed by atoms with Gasteiger partial charge in [0.05, 0.1) is 11.5 Å². The van der Waals surface area contributed by atoms with Crippen molar-refractivity contribution in [3.8, 4) is 0 Å². The average molecular weight is 526 g/mol. The SMILES string of the molecule is CC1=CC(=O)[C@H]2/C(C=O)=C\C[C@H]3[C@@H]([C@@H](C)/C=C\C=C(\C)COC(=O)c4ccc5[nH]ccc5c4)CC[C@]3(C)C[C@H]12. The molecule has 0 aliphatic heterocycles. The molecule has 0 unspecified atom stereocenters. The molecule has 204 valence electrons. The Balaban J connectivity index is 1.22. The van der Waals surface area contributed by atoms with Crippen molar-refractivity contribution in [2.75, 3.05) is 6.61 Å². The summed E-state index contributed by atoms with van der Waals surface area (Å²) in [5.74, 6) is 1.000. The highest BCUT2D eigenvalue weighted by Crippen LogP contribution is 2.58.